The summed E-state index contributed by atoms with van der Waals surface area (Å²) in [5.41, 5.74) is 0.995. The lowest BCUT2D eigenvalue weighted by molar-refractivity contribution is 0.471. The Morgan fingerprint density at radius 1 is 1.35 bits per heavy atom. The first-order chi connectivity index (χ1) is 12.3. The monoisotopic (exact) mass is 415 g/mol. The van der Waals surface area contributed by atoms with E-state index in [1.807, 2.05) is 38.1 Å². The Labute approximate surface area is 163 Å². The first kappa shape index (κ1) is 20.8. The molecule has 144 valence electrons. The quantitative estimate of drug-likeness (QED) is 0.392. The molecule has 0 fully saturated rings. The van der Waals surface area contributed by atoms with Crippen molar-refractivity contribution in [2.75, 3.05) is 26.7 Å². The van der Waals surface area contributed by atoms with Gasteiger partial charge in [-0.25, -0.2) is 18.1 Å². The number of hydrogen-bond donors (Lipinski definition) is 2. The summed E-state index contributed by atoms with van der Waals surface area (Å²) in [5, 5.41) is 6.29. The molecule has 10 heteroatoms. The molecule has 0 amide bonds. The second kappa shape index (κ2) is 9.45. The third kappa shape index (κ3) is 6.04. The highest BCUT2D eigenvalue weighted by Crippen LogP contribution is 2.20. The minimum atomic E-state index is -3.46. The molecule has 0 saturated carbocycles. The Balaban J connectivity index is 1.91. The van der Waals surface area contributed by atoms with Crippen molar-refractivity contribution < 1.29 is 8.42 Å². The van der Waals surface area contributed by atoms with Gasteiger partial charge in [0.05, 0.1) is 23.8 Å². The van der Waals surface area contributed by atoms with Gasteiger partial charge in [-0.1, -0.05) is 0 Å². The summed E-state index contributed by atoms with van der Waals surface area (Å²) in [6.07, 6.45) is 0. The molecule has 0 aromatic carbocycles. The zero-order valence-corrected chi connectivity index (χ0v) is 17.9. The van der Waals surface area contributed by atoms with Crippen LogP contribution in [0.1, 0.15) is 22.5 Å². The minimum Gasteiger partial charge on any atom is -0.357 e. The smallest absolute Gasteiger partial charge is 0.250 e. The van der Waals surface area contributed by atoms with Gasteiger partial charge in [-0.3, -0.25) is 4.99 Å². The Morgan fingerprint density at radius 3 is 2.69 bits per heavy atom. The number of aromatic nitrogens is 1. The molecule has 0 atom stereocenters. The summed E-state index contributed by atoms with van der Waals surface area (Å²) >= 11 is 2.88. The molecule has 0 unspecified atom stereocenters. The fourth-order valence-electron chi connectivity index (χ4n) is 2.24. The van der Waals surface area contributed by atoms with Crippen LogP contribution in [0, 0.1) is 13.8 Å². The van der Waals surface area contributed by atoms with Crippen molar-refractivity contribution in [3.63, 3.8) is 0 Å². The summed E-state index contributed by atoms with van der Waals surface area (Å²) in [6, 6.07) is 3.43. The van der Waals surface area contributed by atoms with Gasteiger partial charge in [0.1, 0.15) is 4.21 Å². The van der Waals surface area contributed by atoms with E-state index in [2.05, 4.69) is 20.0 Å². The summed E-state index contributed by atoms with van der Waals surface area (Å²) < 4.78 is 27.4. The SMILES string of the molecule is CCNC(=NCCNS(=O)(=O)c1ccc(C)s1)N(C)Cc1csc(C)n1. The van der Waals surface area contributed by atoms with Crippen LogP contribution in [0.2, 0.25) is 0 Å². The maximum atomic E-state index is 12.2. The number of aryl methyl sites for hydroxylation is 2. The molecule has 0 aliphatic heterocycles. The predicted molar refractivity (Wildman–Crippen MR) is 109 cm³/mol. The second-order valence-corrected chi connectivity index (χ2v) is 10.1. The van der Waals surface area contributed by atoms with E-state index in [9.17, 15) is 8.42 Å². The largest absolute Gasteiger partial charge is 0.357 e. The van der Waals surface area contributed by atoms with Gasteiger partial charge in [0, 0.05) is 30.4 Å². The van der Waals surface area contributed by atoms with Crippen molar-refractivity contribution in [3.8, 4) is 0 Å². The highest BCUT2D eigenvalue weighted by atomic mass is 32.2. The maximum absolute atomic E-state index is 12.2. The number of nitrogens with one attached hydrogen (secondary N) is 2. The van der Waals surface area contributed by atoms with E-state index in [1.54, 1.807) is 23.5 Å². The van der Waals surface area contributed by atoms with Crippen LogP contribution in [0.15, 0.2) is 26.7 Å². The second-order valence-electron chi connectivity index (χ2n) is 5.71. The van der Waals surface area contributed by atoms with Crippen LogP contribution in [-0.2, 0) is 16.6 Å². The molecule has 26 heavy (non-hydrogen) atoms. The van der Waals surface area contributed by atoms with Crippen LogP contribution >= 0.6 is 22.7 Å². The van der Waals surface area contributed by atoms with E-state index < -0.39 is 10.0 Å². The fraction of sp³-hybridized carbons (Fsp3) is 0.500. The summed E-state index contributed by atoms with van der Waals surface area (Å²) in [7, 11) is -1.52. The van der Waals surface area contributed by atoms with Crippen molar-refractivity contribution in [1.82, 2.24) is 19.9 Å². The third-order valence-electron chi connectivity index (χ3n) is 3.41. The number of thiophene rings is 1. The van der Waals surface area contributed by atoms with Crippen molar-refractivity contribution in [2.24, 2.45) is 4.99 Å². The first-order valence-electron chi connectivity index (χ1n) is 8.28. The highest BCUT2D eigenvalue weighted by Gasteiger charge is 2.15. The van der Waals surface area contributed by atoms with E-state index in [-0.39, 0.29) is 6.54 Å². The Hall–Kier alpha value is -1.49. The third-order valence-corrected chi connectivity index (χ3v) is 7.18. The zero-order valence-electron chi connectivity index (χ0n) is 15.4. The number of aliphatic imine (C=N–C) groups is 1. The van der Waals surface area contributed by atoms with E-state index in [0.717, 1.165) is 28.1 Å². The minimum absolute atomic E-state index is 0.248. The van der Waals surface area contributed by atoms with Gasteiger partial charge in [0.2, 0.25) is 10.0 Å². The van der Waals surface area contributed by atoms with Gasteiger partial charge in [-0.15, -0.1) is 22.7 Å². The van der Waals surface area contributed by atoms with Crippen LogP contribution in [0.25, 0.3) is 0 Å². The lowest BCUT2D eigenvalue weighted by Crippen LogP contribution is -2.39. The molecule has 2 rings (SSSR count). The molecule has 0 saturated heterocycles. The average Bonchev–Trinajstić information content (AvgIpc) is 3.19. The van der Waals surface area contributed by atoms with Gasteiger partial charge in [0.25, 0.3) is 0 Å². The Kier molecular flexibility index (Phi) is 7.56. The summed E-state index contributed by atoms with van der Waals surface area (Å²) in [6.45, 7) is 7.85. The van der Waals surface area contributed by atoms with E-state index >= 15 is 0 Å². The summed E-state index contributed by atoms with van der Waals surface area (Å²) in [4.78, 5) is 11.9. The number of hydrogen-bond acceptors (Lipinski definition) is 6. The standard InChI is InChI=1S/C16H25N5O2S3/c1-5-17-16(21(4)10-14-11-24-13(3)20-14)18-8-9-19-26(22,23)15-7-6-12(2)25-15/h6-7,11,19H,5,8-10H2,1-4H3,(H,17,18). The van der Waals surface area contributed by atoms with E-state index in [0.29, 0.717) is 17.3 Å². The maximum Gasteiger partial charge on any atom is 0.250 e. The average molecular weight is 416 g/mol. The van der Waals surface area contributed by atoms with Crippen molar-refractivity contribution in [3.05, 3.63) is 33.1 Å². The van der Waals surface area contributed by atoms with Gasteiger partial charge in [0.15, 0.2) is 5.96 Å². The molecular formula is C16H25N5O2S3. The van der Waals surface area contributed by atoms with Crippen LogP contribution in [0.4, 0.5) is 0 Å². The molecule has 2 aromatic heterocycles. The topological polar surface area (TPSA) is 86.7 Å². The lowest BCUT2D eigenvalue weighted by atomic mass is 10.4. The number of nitrogens with zero attached hydrogens (tertiary/aromatic N) is 3. The van der Waals surface area contributed by atoms with Crippen LogP contribution in [0.5, 0.6) is 0 Å². The van der Waals surface area contributed by atoms with Crippen molar-refractivity contribution >= 4 is 38.7 Å². The number of sulfonamides is 1. The Morgan fingerprint density at radius 2 is 2.12 bits per heavy atom. The predicted octanol–water partition coefficient (Wildman–Crippen LogP) is 2.20. The van der Waals surface area contributed by atoms with Crippen LogP contribution < -0.4 is 10.0 Å². The van der Waals surface area contributed by atoms with Gasteiger partial charge >= 0.3 is 0 Å². The molecule has 2 N–H and O–H groups in total. The van der Waals surface area contributed by atoms with E-state index in [1.165, 1.54) is 11.3 Å². The fourth-order valence-corrected chi connectivity index (χ4v) is 5.19. The first-order valence-corrected chi connectivity index (χ1v) is 11.5. The zero-order chi connectivity index (χ0) is 19.2. The van der Waals surface area contributed by atoms with Gasteiger partial charge in [-0.2, -0.15) is 0 Å². The molecule has 7 nitrogen and oxygen atoms in total. The number of thiazole rings is 1. The van der Waals surface area contributed by atoms with Crippen LogP contribution in [-0.4, -0.2) is 50.9 Å². The normalized spacial score (nSPS) is 12.4. The molecule has 2 heterocycles. The number of guanidine groups is 1. The molecular weight excluding hydrogens is 390 g/mol. The van der Waals surface area contributed by atoms with Crippen molar-refractivity contribution in [1.29, 1.82) is 0 Å². The molecule has 2 aromatic rings. The summed E-state index contributed by atoms with van der Waals surface area (Å²) in [5.74, 6) is 0.726. The lowest BCUT2D eigenvalue weighted by Gasteiger charge is -2.21. The van der Waals surface area contributed by atoms with Crippen molar-refractivity contribution in [2.45, 2.75) is 31.5 Å². The van der Waals surface area contributed by atoms with E-state index in [4.69, 9.17) is 0 Å². The van der Waals surface area contributed by atoms with Gasteiger partial charge < -0.3 is 10.2 Å². The molecule has 0 spiro atoms. The van der Waals surface area contributed by atoms with Gasteiger partial charge in [-0.05, 0) is 32.9 Å². The molecule has 0 radical (unpaired) electrons. The molecule has 0 aliphatic rings. The Bertz CT molecular complexity index is 842. The highest BCUT2D eigenvalue weighted by molar-refractivity contribution is 7.91. The molecule has 0 bridgehead atoms. The molecule has 0 aliphatic carbocycles. The van der Waals surface area contributed by atoms with Crippen LogP contribution in [0.3, 0.4) is 0 Å². The number of rotatable bonds is 8.